The van der Waals surface area contributed by atoms with Gasteiger partial charge < -0.3 is 20.5 Å². The lowest BCUT2D eigenvalue weighted by atomic mass is 9.75. The molecule has 1 aromatic rings. The number of piperidine rings is 1. The largest absolute Gasteiger partial charge is 0.481 e. The average Bonchev–Trinajstić information content (AvgIpc) is 2.45. The van der Waals surface area contributed by atoms with Crippen molar-refractivity contribution in [2.75, 3.05) is 18.8 Å². The molecule has 1 aliphatic rings. The highest BCUT2D eigenvalue weighted by molar-refractivity contribution is 5.77. The number of anilines is 1. The van der Waals surface area contributed by atoms with Gasteiger partial charge in [0.1, 0.15) is 5.60 Å². The van der Waals surface area contributed by atoms with Crippen molar-refractivity contribution in [1.82, 2.24) is 4.90 Å². The first-order valence-electron chi connectivity index (χ1n) is 8.17. The molecule has 1 fully saturated rings. The Bertz CT molecular complexity index is 624. The summed E-state index contributed by atoms with van der Waals surface area (Å²) in [5.41, 5.74) is 5.65. The lowest BCUT2D eigenvalue weighted by Gasteiger charge is -2.40. The summed E-state index contributed by atoms with van der Waals surface area (Å²) in [4.78, 5) is 25.8. The Morgan fingerprint density at radius 2 is 2.08 bits per heavy atom. The van der Waals surface area contributed by atoms with Crippen LogP contribution >= 0.6 is 0 Å². The third-order valence-electron chi connectivity index (χ3n) is 4.18. The van der Waals surface area contributed by atoms with E-state index in [9.17, 15) is 14.7 Å². The maximum Gasteiger partial charge on any atom is 0.410 e. The molecule has 1 saturated heterocycles. The van der Waals surface area contributed by atoms with Crippen LogP contribution < -0.4 is 5.73 Å². The van der Waals surface area contributed by atoms with Gasteiger partial charge in [0.05, 0.1) is 5.41 Å². The molecule has 132 valence electrons. The van der Waals surface area contributed by atoms with Crippen LogP contribution in [0, 0.1) is 5.41 Å². The second kappa shape index (κ2) is 6.71. The summed E-state index contributed by atoms with van der Waals surface area (Å²) >= 11 is 0. The number of hydrogen-bond acceptors (Lipinski definition) is 4. The topological polar surface area (TPSA) is 92.9 Å². The van der Waals surface area contributed by atoms with Crippen LogP contribution in [-0.2, 0) is 16.0 Å². The molecule has 0 aliphatic carbocycles. The molecular formula is C18H26N2O4. The summed E-state index contributed by atoms with van der Waals surface area (Å²) in [6.45, 7) is 6.05. The SMILES string of the molecule is CC(C)(C)OC(=O)N1CCC[C@](Cc2cccc(N)c2)(C(=O)O)C1. The van der Waals surface area contributed by atoms with Crippen LogP contribution in [0.15, 0.2) is 24.3 Å². The zero-order valence-electron chi connectivity index (χ0n) is 14.5. The lowest BCUT2D eigenvalue weighted by Crippen LogP contribution is -2.52. The molecule has 1 aliphatic heterocycles. The minimum Gasteiger partial charge on any atom is -0.481 e. The molecule has 3 N–H and O–H groups in total. The third-order valence-corrected chi connectivity index (χ3v) is 4.18. The number of carbonyl (C=O) groups is 2. The van der Waals surface area contributed by atoms with Crippen LogP contribution in [0.25, 0.3) is 0 Å². The first kappa shape index (κ1) is 18.1. The Morgan fingerprint density at radius 3 is 2.67 bits per heavy atom. The van der Waals surface area contributed by atoms with Crippen molar-refractivity contribution in [3.8, 4) is 0 Å². The molecule has 1 amide bonds. The van der Waals surface area contributed by atoms with E-state index in [2.05, 4.69) is 0 Å². The summed E-state index contributed by atoms with van der Waals surface area (Å²) in [6.07, 6.45) is 1.04. The summed E-state index contributed by atoms with van der Waals surface area (Å²) in [6, 6.07) is 7.24. The molecule has 0 spiro atoms. The van der Waals surface area contributed by atoms with Gasteiger partial charge in [-0.2, -0.15) is 0 Å². The number of ether oxygens (including phenoxy) is 1. The maximum absolute atomic E-state index is 12.3. The van der Waals surface area contributed by atoms with E-state index in [-0.39, 0.29) is 6.54 Å². The zero-order valence-corrected chi connectivity index (χ0v) is 14.5. The van der Waals surface area contributed by atoms with Gasteiger partial charge in [0, 0.05) is 18.8 Å². The predicted octanol–water partition coefficient (Wildman–Crippen LogP) is 2.91. The van der Waals surface area contributed by atoms with Gasteiger partial charge >= 0.3 is 12.1 Å². The Labute approximate surface area is 142 Å². The molecule has 1 atom stereocenters. The minimum absolute atomic E-state index is 0.145. The normalized spacial score (nSPS) is 21.4. The van der Waals surface area contributed by atoms with Crippen molar-refractivity contribution in [2.24, 2.45) is 5.41 Å². The van der Waals surface area contributed by atoms with Gasteiger partial charge in [-0.25, -0.2) is 4.79 Å². The molecule has 0 bridgehead atoms. The molecule has 2 rings (SSSR count). The number of amides is 1. The molecule has 0 radical (unpaired) electrons. The second-order valence-electron chi connectivity index (χ2n) is 7.51. The van der Waals surface area contributed by atoms with E-state index in [1.807, 2.05) is 12.1 Å². The van der Waals surface area contributed by atoms with Crippen molar-refractivity contribution in [1.29, 1.82) is 0 Å². The second-order valence-corrected chi connectivity index (χ2v) is 7.51. The van der Waals surface area contributed by atoms with Gasteiger partial charge in [0.25, 0.3) is 0 Å². The molecular weight excluding hydrogens is 308 g/mol. The lowest BCUT2D eigenvalue weighted by molar-refractivity contribution is -0.152. The van der Waals surface area contributed by atoms with E-state index < -0.39 is 23.1 Å². The van der Waals surface area contributed by atoms with Gasteiger partial charge in [-0.3, -0.25) is 4.79 Å². The predicted molar refractivity (Wildman–Crippen MR) is 91.7 cm³/mol. The first-order chi connectivity index (χ1) is 11.1. The van der Waals surface area contributed by atoms with Crippen LogP contribution in [0.3, 0.4) is 0 Å². The molecule has 6 nitrogen and oxygen atoms in total. The van der Waals surface area contributed by atoms with E-state index in [0.717, 1.165) is 5.56 Å². The number of nitrogens with two attached hydrogens (primary N) is 1. The highest BCUT2D eigenvalue weighted by Crippen LogP contribution is 2.35. The van der Waals surface area contributed by atoms with Crippen molar-refractivity contribution < 1.29 is 19.4 Å². The number of likely N-dealkylation sites (tertiary alicyclic amines) is 1. The van der Waals surface area contributed by atoms with Gasteiger partial charge in [-0.15, -0.1) is 0 Å². The molecule has 1 heterocycles. The third kappa shape index (κ3) is 4.40. The fourth-order valence-corrected chi connectivity index (χ4v) is 3.10. The van der Waals surface area contributed by atoms with Gasteiger partial charge in [-0.05, 0) is 57.7 Å². The zero-order chi connectivity index (χ0) is 18.0. The van der Waals surface area contributed by atoms with E-state index in [1.165, 1.54) is 4.90 Å². The quantitative estimate of drug-likeness (QED) is 0.829. The summed E-state index contributed by atoms with van der Waals surface area (Å²) in [5.74, 6) is -0.891. The number of hydrogen-bond donors (Lipinski definition) is 2. The number of rotatable bonds is 3. The Morgan fingerprint density at radius 1 is 1.38 bits per heavy atom. The van der Waals surface area contributed by atoms with E-state index in [4.69, 9.17) is 10.5 Å². The molecule has 0 saturated carbocycles. The van der Waals surface area contributed by atoms with Gasteiger partial charge in [-0.1, -0.05) is 12.1 Å². The van der Waals surface area contributed by atoms with Crippen LogP contribution in [-0.4, -0.2) is 40.8 Å². The summed E-state index contributed by atoms with van der Waals surface area (Å²) < 4.78 is 5.39. The van der Waals surface area contributed by atoms with Gasteiger partial charge in [0.2, 0.25) is 0 Å². The molecule has 6 heteroatoms. The molecule has 0 aromatic heterocycles. The van der Waals surface area contributed by atoms with E-state index in [0.29, 0.717) is 31.5 Å². The van der Waals surface area contributed by atoms with Crippen LogP contribution in [0.2, 0.25) is 0 Å². The fourth-order valence-electron chi connectivity index (χ4n) is 3.10. The standard InChI is InChI=1S/C18H26N2O4/c1-17(2,3)24-16(23)20-9-5-8-18(12-20,15(21)22)11-13-6-4-7-14(19)10-13/h4,6-7,10H,5,8-9,11-12,19H2,1-3H3,(H,21,22)/t18-/m1/s1. The highest BCUT2D eigenvalue weighted by atomic mass is 16.6. The fraction of sp³-hybridized carbons (Fsp3) is 0.556. The smallest absolute Gasteiger partial charge is 0.410 e. The molecule has 24 heavy (non-hydrogen) atoms. The number of nitrogens with zero attached hydrogens (tertiary/aromatic N) is 1. The minimum atomic E-state index is -1.01. The number of benzene rings is 1. The number of aliphatic carboxylic acids is 1. The Balaban J connectivity index is 2.19. The Kier molecular flexibility index (Phi) is 5.06. The maximum atomic E-state index is 12.3. The van der Waals surface area contributed by atoms with Crippen molar-refractivity contribution >= 4 is 17.7 Å². The molecule has 1 aromatic carbocycles. The van der Waals surface area contributed by atoms with E-state index in [1.54, 1.807) is 32.9 Å². The highest BCUT2D eigenvalue weighted by Gasteiger charge is 2.44. The van der Waals surface area contributed by atoms with Crippen LogP contribution in [0.1, 0.15) is 39.2 Å². The number of nitrogen functional groups attached to an aromatic ring is 1. The van der Waals surface area contributed by atoms with Crippen molar-refractivity contribution in [3.05, 3.63) is 29.8 Å². The van der Waals surface area contributed by atoms with Crippen LogP contribution in [0.4, 0.5) is 10.5 Å². The average molecular weight is 334 g/mol. The number of carbonyl (C=O) groups excluding carboxylic acids is 1. The van der Waals surface area contributed by atoms with Crippen molar-refractivity contribution in [3.63, 3.8) is 0 Å². The summed E-state index contributed by atoms with van der Waals surface area (Å²) in [5, 5.41) is 9.84. The Hall–Kier alpha value is -2.24. The van der Waals surface area contributed by atoms with Crippen molar-refractivity contribution in [2.45, 2.75) is 45.6 Å². The number of carboxylic acids is 1. The van der Waals surface area contributed by atoms with Gasteiger partial charge in [0.15, 0.2) is 0 Å². The number of carboxylic acid groups (broad SMARTS) is 1. The van der Waals surface area contributed by atoms with Crippen LogP contribution in [0.5, 0.6) is 0 Å². The first-order valence-corrected chi connectivity index (χ1v) is 8.17. The van der Waals surface area contributed by atoms with E-state index >= 15 is 0 Å². The molecule has 0 unspecified atom stereocenters. The monoisotopic (exact) mass is 334 g/mol. The summed E-state index contributed by atoms with van der Waals surface area (Å²) in [7, 11) is 0.